The van der Waals surface area contributed by atoms with Gasteiger partial charge in [-0.3, -0.25) is 9.36 Å². The molecule has 1 fully saturated rings. The predicted octanol–water partition coefficient (Wildman–Crippen LogP) is 6.02. The Balaban J connectivity index is 0.00000337. The van der Waals surface area contributed by atoms with E-state index in [1.54, 1.807) is 6.20 Å². The second-order valence-corrected chi connectivity index (χ2v) is 11.6. The van der Waals surface area contributed by atoms with E-state index in [9.17, 15) is 4.79 Å². The lowest BCUT2D eigenvalue weighted by Crippen LogP contribution is -2.43. The van der Waals surface area contributed by atoms with E-state index in [-0.39, 0.29) is 29.4 Å². The number of rotatable bonds is 5. The maximum absolute atomic E-state index is 12.8. The maximum atomic E-state index is 12.8. The summed E-state index contributed by atoms with van der Waals surface area (Å²) in [6.45, 7) is 5.89. The summed E-state index contributed by atoms with van der Waals surface area (Å²) in [6.07, 6.45) is 4.81. The average Bonchev–Trinajstić information content (AvgIpc) is 3.30. The number of nitrogens with one attached hydrogen (secondary N) is 1. The summed E-state index contributed by atoms with van der Waals surface area (Å²) in [5.41, 5.74) is 18.6. The molecule has 210 valence electrons. The van der Waals surface area contributed by atoms with E-state index in [1.807, 2.05) is 73.9 Å². The van der Waals surface area contributed by atoms with Crippen molar-refractivity contribution in [1.29, 1.82) is 0 Å². The van der Waals surface area contributed by atoms with Gasteiger partial charge >= 0.3 is 0 Å². The lowest BCUT2D eigenvalue weighted by molar-refractivity contribution is 0.0919. The van der Waals surface area contributed by atoms with Crippen LogP contribution in [0.1, 0.15) is 56.0 Å². The third-order valence-electron chi connectivity index (χ3n) is 7.44. The Kier molecular flexibility index (Phi) is 7.32. The highest BCUT2D eigenvalue weighted by Crippen LogP contribution is 2.39. The Labute approximate surface area is 245 Å². The molecule has 8 nitrogen and oxygen atoms in total. The molecule has 0 saturated heterocycles. The first-order chi connectivity index (χ1) is 19.1. The average molecular weight is 568 g/mol. The molecule has 0 aliphatic heterocycles. The molecule has 0 bridgehead atoms. The molecule has 0 spiro atoms. The summed E-state index contributed by atoms with van der Waals surface area (Å²) in [4.78, 5) is 27.1. The van der Waals surface area contributed by atoms with E-state index in [2.05, 4.69) is 34.6 Å². The molecule has 41 heavy (non-hydrogen) atoms. The van der Waals surface area contributed by atoms with Crippen molar-refractivity contribution < 1.29 is 4.79 Å². The lowest BCUT2D eigenvalue weighted by atomic mass is 9.73. The monoisotopic (exact) mass is 567 g/mol. The highest BCUT2D eigenvalue weighted by Gasteiger charge is 2.34. The van der Waals surface area contributed by atoms with Crippen LogP contribution in [0, 0.1) is 0 Å². The number of amides is 1. The largest absolute Gasteiger partial charge is 0.383 e. The van der Waals surface area contributed by atoms with Crippen molar-refractivity contribution in [1.82, 2.24) is 24.8 Å². The molecule has 0 atom stereocenters. The zero-order chi connectivity index (χ0) is 28.1. The smallest absolute Gasteiger partial charge is 0.251 e. The van der Waals surface area contributed by atoms with E-state index >= 15 is 0 Å². The number of carbonyl (C=O) groups is 1. The molecular weight excluding hydrogens is 534 g/mol. The van der Waals surface area contributed by atoms with Crippen LogP contribution in [0.25, 0.3) is 39.5 Å². The zero-order valence-corrected chi connectivity index (χ0v) is 24.2. The number of halogens is 1. The van der Waals surface area contributed by atoms with Crippen molar-refractivity contribution in [3.8, 4) is 28.3 Å². The van der Waals surface area contributed by atoms with Gasteiger partial charge in [-0.15, -0.1) is 12.4 Å². The Bertz CT molecular complexity index is 1730. The van der Waals surface area contributed by atoms with Gasteiger partial charge in [-0.25, -0.2) is 15.0 Å². The SMILES string of the molecule is CC(C)(C)NC(=O)c1cccc(-c2ccc3nc(-c4cccnc4N)n(-c4ccc(C5(N)CCC5)cc4)c3n2)c1.Cl. The molecule has 3 aromatic heterocycles. The van der Waals surface area contributed by atoms with Gasteiger partial charge in [-0.05, 0) is 94.1 Å². The molecule has 1 saturated carbocycles. The highest BCUT2D eigenvalue weighted by molar-refractivity contribution is 5.96. The minimum absolute atomic E-state index is 0. The molecule has 0 radical (unpaired) electrons. The van der Waals surface area contributed by atoms with E-state index in [4.69, 9.17) is 21.4 Å². The molecule has 1 aliphatic carbocycles. The number of imidazole rings is 1. The van der Waals surface area contributed by atoms with Gasteiger partial charge in [0.05, 0.1) is 11.3 Å². The minimum Gasteiger partial charge on any atom is -0.383 e. The number of pyridine rings is 2. The van der Waals surface area contributed by atoms with Crippen molar-refractivity contribution >= 4 is 35.3 Å². The van der Waals surface area contributed by atoms with Crippen LogP contribution in [-0.2, 0) is 5.54 Å². The first kappa shape index (κ1) is 28.3. The Morgan fingerprint density at radius 1 is 0.976 bits per heavy atom. The standard InChI is InChI=1S/C32H33N7O.ClH/c1-31(2,3)38-30(40)21-8-4-7-20(19-21)25-14-15-26-29(36-25)39(28(37-26)24-9-5-18-35-27(24)33)23-12-10-22(11-13-23)32(34)16-6-17-32;/h4-5,7-15,18-19H,6,16-17,34H2,1-3H3,(H2,33,35)(H,38,40);1H. The molecule has 5 aromatic rings. The van der Waals surface area contributed by atoms with E-state index in [1.165, 1.54) is 0 Å². The second kappa shape index (κ2) is 10.6. The van der Waals surface area contributed by atoms with Gasteiger partial charge in [0, 0.05) is 34.1 Å². The summed E-state index contributed by atoms with van der Waals surface area (Å²) in [5, 5.41) is 3.02. The number of anilines is 1. The number of hydrogen-bond acceptors (Lipinski definition) is 6. The maximum Gasteiger partial charge on any atom is 0.251 e. The summed E-state index contributed by atoms with van der Waals surface area (Å²) >= 11 is 0. The van der Waals surface area contributed by atoms with E-state index in [0.29, 0.717) is 22.9 Å². The third kappa shape index (κ3) is 5.40. The molecule has 2 aromatic carbocycles. The number of aromatic nitrogens is 4. The molecule has 1 aliphatic rings. The van der Waals surface area contributed by atoms with Crippen molar-refractivity contribution in [2.24, 2.45) is 5.73 Å². The topological polar surface area (TPSA) is 125 Å². The van der Waals surface area contributed by atoms with Crippen LogP contribution in [0.2, 0.25) is 0 Å². The van der Waals surface area contributed by atoms with Crippen LogP contribution >= 0.6 is 12.4 Å². The highest BCUT2D eigenvalue weighted by atomic mass is 35.5. The number of fused-ring (bicyclic) bond motifs is 1. The van der Waals surface area contributed by atoms with Crippen LogP contribution in [0.4, 0.5) is 5.82 Å². The van der Waals surface area contributed by atoms with Gasteiger partial charge in [-0.1, -0.05) is 24.3 Å². The van der Waals surface area contributed by atoms with Crippen LogP contribution in [-0.4, -0.2) is 31.0 Å². The molecule has 0 unspecified atom stereocenters. The number of nitrogens with two attached hydrogens (primary N) is 2. The van der Waals surface area contributed by atoms with Crippen LogP contribution in [0.3, 0.4) is 0 Å². The Hall–Kier alpha value is -4.27. The number of hydrogen-bond donors (Lipinski definition) is 3. The molecule has 3 heterocycles. The fourth-order valence-electron chi connectivity index (χ4n) is 5.17. The fourth-order valence-corrected chi connectivity index (χ4v) is 5.17. The van der Waals surface area contributed by atoms with Crippen LogP contribution < -0.4 is 16.8 Å². The van der Waals surface area contributed by atoms with Crippen molar-refractivity contribution in [2.45, 2.75) is 51.1 Å². The van der Waals surface area contributed by atoms with Gasteiger partial charge in [0.25, 0.3) is 5.91 Å². The lowest BCUT2D eigenvalue weighted by Gasteiger charge is -2.38. The van der Waals surface area contributed by atoms with Gasteiger partial charge in [-0.2, -0.15) is 0 Å². The zero-order valence-electron chi connectivity index (χ0n) is 23.4. The summed E-state index contributed by atoms with van der Waals surface area (Å²) in [6, 6.07) is 23.5. The number of nitrogens with zero attached hydrogens (tertiary/aromatic N) is 4. The molecule has 1 amide bonds. The van der Waals surface area contributed by atoms with Gasteiger partial charge in [0.15, 0.2) is 11.5 Å². The minimum atomic E-state index is -0.334. The number of carbonyl (C=O) groups excluding carboxylic acids is 1. The molecule has 9 heteroatoms. The number of benzene rings is 2. The van der Waals surface area contributed by atoms with Gasteiger partial charge in [0.1, 0.15) is 11.3 Å². The first-order valence-corrected chi connectivity index (χ1v) is 13.5. The molecular formula is C32H34ClN7O. The molecule has 6 rings (SSSR count). The van der Waals surface area contributed by atoms with E-state index in [0.717, 1.165) is 52.9 Å². The quantitative estimate of drug-likeness (QED) is 0.238. The van der Waals surface area contributed by atoms with Gasteiger partial charge < -0.3 is 16.8 Å². The fraction of sp³-hybridized carbons (Fsp3) is 0.250. The summed E-state index contributed by atoms with van der Waals surface area (Å²) in [5.74, 6) is 0.922. The first-order valence-electron chi connectivity index (χ1n) is 13.5. The van der Waals surface area contributed by atoms with Gasteiger partial charge in [0.2, 0.25) is 0 Å². The summed E-state index contributed by atoms with van der Waals surface area (Å²) in [7, 11) is 0. The van der Waals surface area contributed by atoms with E-state index < -0.39 is 0 Å². The van der Waals surface area contributed by atoms with Crippen LogP contribution in [0.5, 0.6) is 0 Å². The van der Waals surface area contributed by atoms with Crippen molar-refractivity contribution in [2.75, 3.05) is 5.73 Å². The molecule has 5 N–H and O–H groups in total. The van der Waals surface area contributed by atoms with Crippen molar-refractivity contribution in [3.63, 3.8) is 0 Å². The normalized spacial score (nSPS) is 14.2. The number of nitrogen functional groups attached to an aromatic ring is 1. The Morgan fingerprint density at radius 3 is 2.39 bits per heavy atom. The summed E-state index contributed by atoms with van der Waals surface area (Å²) < 4.78 is 2.01. The predicted molar refractivity (Wildman–Crippen MR) is 166 cm³/mol. The third-order valence-corrected chi connectivity index (χ3v) is 7.44. The Morgan fingerprint density at radius 2 is 1.73 bits per heavy atom. The van der Waals surface area contributed by atoms with Crippen molar-refractivity contribution in [3.05, 3.63) is 90.1 Å². The second-order valence-electron chi connectivity index (χ2n) is 11.6. The van der Waals surface area contributed by atoms with Crippen LogP contribution in [0.15, 0.2) is 79.0 Å².